The lowest BCUT2D eigenvalue weighted by Crippen LogP contribution is -2.52. The van der Waals surface area contributed by atoms with Crippen molar-refractivity contribution < 1.29 is 19.1 Å². The first-order valence-electron chi connectivity index (χ1n) is 12.5. The van der Waals surface area contributed by atoms with Gasteiger partial charge in [0.15, 0.2) is 5.65 Å². The first-order chi connectivity index (χ1) is 17.5. The number of benzene rings is 1. The Morgan fingerprint density at radius 2 is 2.00 bits per heavy atom. The molecule has 36 heavy (non-hydrogen) atoms. The van der Waals surface area contributed by atoms with Crippen LogP contribution < -0.4 is 15.4 Å². The highest BCUT2D eigenvalue weighted by Gasteiger charge is 2.39. The molecule has 2 N–H and O–H groups in total. The zero-order valence-electron chi connectivity index (χ0n) is 19.9. The molecule has 1 unspecified atom stereocenters. The van der Waals surface area contributed by atoms with Gasteiger partial charge in [-0.15, -0.1) is 0 Å². The van der Waals surface area contributed by atoms with Crippen LogP contribution in [0.15, 0.2) is 42.9 Å². The number of hydrogen-bond donors (Lipinski definition) is 2. The maximum atomic E-state index is 13.0. The van der Waals surface area contributed by atoms with Crippen LogP contribution in [0, 0.1) is 0 Å². The maximum Gasteiger partial charge on any atom is 0.255 e. The van der Waals surface area contributed by atoms with Crippen LogP contribution in [0.25, 0.3) is 5.65 Å². The predicted molar refractivity (Wildman–Crippen MR) is 129 cm³/mol. The van der Waals surface area contributed by atoms with E-state index in [2.05, 4.69) is 20.7 Å². The number of nitrogens with zero attached hydrogens (tertiary/aromatic N) is 4. The molecule has 0 spiro atoms. The van der Waals surface area contributed by atoms with Gasteiger partial charge in [-0.2, -0.15) is 5.10 Å². The van der Waals surface area contributed by atoms with Gasteiger partial charge in [-0.25, -0.2) is 9.50 Å². The number of amides is 3. The first-order valence-corrected chi connectivity index (χ1v) is 12.5. The molecule has 3 atom stereocenters. The predicted octanol–water partition coefficient (Wildman–Crippen LogP) is 1.97. The fourth-order valence-corrected chi connectivity index (χ4v) is 5.46. The van der Waals surface area contributed by atoms with E-state index in [1.165, 1.54) is 0 Å². The Kier molecular flexibility index (Phi) is 5.88. The summed E-state index contributed by atoms with van der Waals surface area (Å²) in [6.45, 7) is 1.01. The van der Waals surface area contributed by atoms with Crippen molar-refractivity contribution in [2.75, 3.05) is 0 Å². The number of carbonyl (C=O) groups is 3. The third-order valence-electron chi connectivity index (χ3n) is 7.35. The van der Waals surface area contributed by atoms with Gasteiger partial charge in [0.05, 0.1) is 6.20 Å². The minimum Gasteiger partial charge on any atom is -0.489 e. The van der Waals surface area contributed by atoms with E-state index < -0.39 is 11.9 Å². The number of piperidine rings is 1. The molecular formula is C26H28N6O4. The zero-order chi connectivity index (χ0) is 24.6. The van der Waals surface area contributed by atoms with Gasteiger partial charge in [0.2, 0.25) is 11.8 Å². The molecule has 4 heterocycles. The second kappa shape index (κ2) is 9.34. The van der Waals surface area contributed by atoms with Crippen LogP contribution in [-0.2, 0) is 22.7 Å². The molecule has 2 aliphatic heterocycles. The topological polar surface area (TPSA) is 118 Å². The van der Waals surface area contributed by atoms with Gasteiger partial charge in [-0.05, 0) is 49.4 Å². The van der Waals surface area contributed by atoms with Crippen LogP contribution in [0.5, 0.6) is 5.75 Å². The van der Waals surface area contributed by atoms with Gasteiger partial charge in [0.25, 0.3) is 5.91 Å². The Bertz CT molecular complexity index is 1340. The van der Waals surface area contributed by atoms with E-state index in [0.29, 0.717) is 25.1 Å². The van der Waals surface area contributed by atoms with Crippen molar-refractivity contribution in [1.29, 1.82) is 0 Å². The van der Waals surface area contributed by atoms with Gasteiger partial charge in [-0.1, -0.05) is 6.42 Å². The van der Waals surface area contributed by atoms with Crippen LogP contribution in [-0.4, -0.2) is 55.4 Å². The van der Waals surface area contributed by atoms with Gasteiger partial charge in [0, 0.05) is 55.1 Å². The number of nitrogens with one attached hydrogen (secondary N) is 2. The molecule has 2 fully saturated rings. The smallest absolute Gasteiger partial charge is 0.255 e. The minimum absolute atomic E-state index is 0.0153. The molecule has 10 heteroatoms. The number of rotatable bonds is 6. The highest BCUT2D eigenvalue weighted by Crippen LogP contribution is 2.32. The standard InChI is InChI=1S/C26H28N6O4/c33-24-8-7-21(25(34)30-24)31-15-17-11-18(5-6-19(17)26(31)35)36-22-4-2-1-3-20(22)27-12-16-13-28-23-9-10-29-32(23)14-16/h5-6,9-11,13-14,20-22,27H,1-4,7-8,12,15H2,(H,30,33,34)/t20-,21?,22+/m0/s1. The largest absolute Gasteiger partial charge is 0.489 e. The molecule has 3 aliphatic rings. The van der Waals surface area contributed by atoms with E-state index >= 15 is 0 Å². The van der Waals surface area contributed by atoms with Crippen LogP contribution in [0.3, 0.4) is 0 Å². The molecule has 10 nitrogen and oxygen atoms in total. The summed E-state index contributed by atoms with van der Waals surface area (Å²) < 4.78 is 8.21. The third kappa shape index (κ3) is 4.32. The van der Waals surface area contributed by atoms with Crippen molar-refractivity contribution in [3.8, 4) is 5.75 Å². The van der Waals surface area contributed by atoms with E-state index in [9.17, 15) is 14.4 Å². The summed E-state index contributed by atoms with van der Waals surface area (Å²) in [6, 6.07) is 6.99. The fourth-order valence-electron chi connectivity index (χ4n) is 5.46. The average Bonchev–Trinajstić information content (AvgIpc) is 3.47. The van der Waals surface area contributed by atoms with E-state index in [1.54, 1.807) is 21.7 Å². The lowest BCUT2D eigenvalue weighted by atomic mass is 9.92. The number of hydrogen-bond acceptors (Lipinski definition) is 7. The van der Waals surface area contributed by atoms with E-state index in [1.807, 2.05) is 30.6 Å². The molecule has 3 amide bonds. The monoisotopic (exact) mass is 488 g/mol. The number of carbonyl (C=O) groups excluding carboxylic acids is 3. The quantitative estimate of drug-likeness (QED) is 0.510. The highest BCUT2D eigenvalue weighted by atomic mass is 16.5. The SMILES string of the molecule is O=C1CCC(N2Cc3cc(O[C@@H]4CCCC[C@@H]4NCc4cnc5ccnn5c4)ccc3C2=O)C(=O)N1. The number of ether oxygens (including phenoxy) is 1. The van der Waals surface area contributed by atoms with Crippen molar-refractivity contribution in [2.24, 2.45) is 0 Å². The Labute approximate surface area is 208 Å². The Morgan fingerprint density at radius 1 is 1.11 bits per heavy atom. The summed E-state index contributed by atoms with van der Waals surface area (Å²) in [5.41, 5.74) is 3.32. The number of imide groups is 1. The molecule has 3 aromatic rings. The zero-order valence-corrected chi connectivity index (χ0v) is 19.9. The molecule has 1 aliphatic carbocycles. The minimum atomic E-state index is -0.616. The summed E-state index contributed by atoms with van der Waals surface area (Å²) in [5, 5.41) is 10.2. The summed E-state index contributed by atoms with van der Waals surface area (Å²) in [4.78, 5) is 42.8. The van der Waals surface area contributed by atoms with Gasteiger partial charge < -0.3 is 15.0 Å². The first kappa shape index (κ1) is 22.7. The van der Waals surface area contributed by atoms with E-state index in [-0.39, 0.29) is 30.4 Å². The van der Waals surface area contributed by atoms with Gasteiger partial charge in [0.1, 0.15) is 17.9 Å². The molecule has 6 rings (SSSR count). The lowest BCUT2D eigenvalue weighted by molar-refractivity contribution is -0.136. The molecular weight excluding hydrogens is 460 g/mol. The van der Waals surface area contributed by atoms with Crippen molar-refractivity contribution in [3.05, 3.63) is 59.5 Å². The summed E-state index contributed by atoms with van der Waals surface area (Å²) in [7, 11) is 0. The summed E-state index contributed by atoms with van der Waals surface area (Å²) in [5.74, 6) is -0.136. The molecule has 0 radical (unpaired) electrons. The molecule has 1 saturated heterocycles. The van der Waals surface area contributed by atoms with Crippen molar-refractivity contribution in [1.82, 2.24) is 30.1 Å². The normalized spacial score (nSPS) is 24.2. The lowest BCUT2D eigenvalue weighted by Gasteiger charge is -2.32. The highest BCUT2D eigenvalue weighted by molar-refractivity contribution is 6.05. The van der Waals surface area contributed by atoms with E-state index in [4.69, 9.17) is 4.74 Å². The molecule has 0 bridgehead atoms. The second-order valence-electron chi connectivity index (χ2n) is 9.74. The molecule has 2 aromatic heterocycles. The second-order valence-corrected chi connectivity index (χ2v) is 9.74. The van der Waals surface area contributed by atoms with Crippen molar-refractivity contribution in [2.45, 2.75) is 69.8 Å². The van der Waals surface area contributed by atoms with Crippen molar-refractivity contribution in [3.63, 3.8) is 0 Å². The van der Waals surface area contributed by atoms with Crippen molar-refractivity contribution >= 4 is 23.4 Å². The number of aromatic nitrogens is 3. The van der Waals surface area contributed by atoms with Gasteiger partial charge >= 0.3 is 0 Å². The Balaban J connectivity index is 1.12. The third-order valence-corrected chi connectivity index (χ3v) is 7.35. The summed E-state index contributed by atoms with van der Waals surface area (Å²) in [6.07, 6.45) is 10.4. The maximum absolute atomic E-state index is 13.0. The average molecular weight is 489 g/mol. The number of fused-ring (bicyclic) bond motifs is 2. The van der Waals surface area contributed by atoms with E-state index in [0.717, 1.165) is 48.2 Å². The Morgan fingerprint density at radius 3 is 2.89 bits per heavy atom. The Hall–Kier alpha value is -3.79. The van der Waals surface area contributed by atoms with Crippen LogP contribution in [0.2, 0.25) is 0 Å². The van der Waals surface area contributed by atoms with Crippen LogP contribution >= 0.6 is 0 Å². The van der Waals surface area contributed by atoms with Crippen LogP contribution in [0.1, 0.15) is 60.0 Å². The summed E-state index contributed by atoms with van der Waals surface area (Å²) >= 11 is 0. The van der Waals surface area contributed by atoms with Gasteiger partial charge in [-0.3, -0.25) is 19.7 Å². The molecule has 1 saturated carbocycles. The molecule has 186 valence electrons. The van der Waals surface area contributed by atoms with Crippen LogP contribution in [0.4, 0.5) is 0 Å². The molecule has 1 aromatic carbocycles. The fraction of sp³-hybridized carbons (Fsp3) is 0.423.